The number of alkyl halides is 2. The standard InChI is InChI=1S/C16H20F2N2O2/c1-4-6-13-12(5-2)14(21)20(15(13)22)9-11-8-19-7-10(3)16(11,17)18/h4-6,10-11,19H,1,7-9H2,2-3H3/b12-5+,13-6+. The molecule has 2 heterocycles. The second-order valence-electron chi connectivity index (χ2n) is 5.67. The fourth-order valence-electron chi connectivity index (χ4n) is 2.89. The van der Waals surface area contributed by atoms with Gasteiger partial charge in [-0.1, -0.05) is 25.7 Å². The van der Waals surface area contributed by atoms with E-state index in [0.717, 1.165) is 4.90 Å². The Morgan fingerprint density at radius 1 is 1.32 bits per heavy atom. The predicted molar refractivity (Wildman–Crippen MR) is 79.2 cm³/mol. The maximum atomic E-state index is 14.3. The zero-order valence-corrected chi connectivity index (χ0v) is 12.7. The van der Waals surface area contributed by atoms with E-state index in [1.807, 2.05) is 0 Å². The van der Waals surface area contributed by atoms with Crippen LogP contribution in [-0.4, -0.2) is 42.3 Å². The molecular weight excluding hydrogens is 290 g/mol. The molecule has 2 aliphatic heterocycles. The molecule has 0 saturated carbocycles. The number of imide groups is 1. The number of piperidine rings is 1. The number of allylic oxidation sites excluding steroid dienone is 3. The van der Waals surface area contributed by atoms with Crippen molar-refractivity contribution < 1.29 is 18.4 Å². The molecule has 0 radical (unpaired) electrons. The average Bonchev–Trinajstić information content (AvgIpc) is 2.68. The van der Waals surface area contributed by atoms with E-state index in [0.29, 0.717) is 0 Å². The minimum atomic E-state index is -2.91. The normalized spacial score (nSPS) is 32.1. The van der Waals surface area contributed by atoms with Crippen molar-refractivity contribution in [3.63, 3.8) is 0 Å². The molecule has 2 saturated heterocycles. The van der Waals surface area contributed by atoms with E-state index in [1.165, 1.54) is 25.2 Å². The van der Waals surface area contributed by atoms with E-state index in [9.17, 15) is 18.4 Å². The van der Waals surface area contributed by atoms with Crippen LogP contribution in [0.2, 0.25) is 0 Å². The molecule has 2 unspecified atom stereocenters. The monoisotopic (exact) mass is 310 g/mol. The summed E-state index contributed by atoms with van der Waals surface area (Å²) < 4.78 is 28.5. The van der Waals surface area contributed by atoms with Gasteiger partial charge in [-0.2, -0.15) is 0 Å². The molecule has 0 bridgehead atoms. The number of nitrogens with one attached hydrogen (secondary N) is 1. The first-order chi connectivity index (χ1) is 10.3. The Bertz CT molecular complexity index is 566. The quantitative estimate of drug-likeness (QED) is 0.640. The molecule has 2 fully saturated rings. The Kier molecular flexibility index (Phi) is 4.60. The van der Waals surface area contributed by atoms with E-state index in [4.69, 9.17) is 0 Å². The third-order valence-electron chi connectivity index (χ3n) is 4.26. The zero-order valence-electron chi connectivity index (χ0n) is 12.7. The van der Waals surface area contributed by atoms with Crippen molar-refractivity contribution in [2.75, 3.05) is 19.6 Å². The lowest BCUT2D eigenvalue weighted by Gasteiger charge is -2.38. The number of hydrogen-bond acceptors (Lipinski definition) is 3. The predicted octanol–water partition coefficient (Wildman–Crippen LogP) is 1.90. The second-order valence-corrected chi connectivity index (χ2v) is 5.67. The number of nitrogens with zero attached hydrogens (tertiary/aromatic N) is 1. The molecule has 2 aliphatic rings. The number of hydrogen-bond donors (Lipinski definition) is 1. The van der Waals surface area contributed by atoms with Crippen LogP contribution in [-0.2, 0) is 9.59 Å². The Hall–Kier alpha value is -1.82. The van der Waals surface area contributed by atoms with Gasteiger partial charge in [-0.15, -0.1) is 0 Å². The summed E-state index contributed by atoms with van der Waals surface area (Å²) in [7, 11) is 0. The molecule has 0 spiro atoms. The van der Waals surface area contributed by atoms with Crippen LogP contribution in [0.1, 0.15) is 13.8 Å². The van der Waals surface area contributed by atoms with Gasteiger partial charge in [0.05, 0.1) is 11.5 Å². The first-order valence-electron chi connectivity index (χ1n) is 7.28. The van der Waals surface area contributed by atoms with Crippen LogP contribution in [0, 0.1) is 11.8 Å². The Labute approximate surface area is 128 Å². The smallest absolute Gasteiger partial charge is 0.261 e. The van der Waals surface area contributed by atoms with Crippen molar-refractivity contribution >= 4 is 11.8 Å². The highest BCUT2D eigenvalue weighted by Crippen LogP contribution is 2.37. The first-order valence-corrected chi connectivity index (χ1v) is 7.28. The molecule has 2 amide bonds. The van der Waals surface area contributed by atoms with Crippen molar-refractivity contribution in [3.8, 4) is 0 Å². The van der Waals surface area contributed by atoms with Crippen LogP contribution < -0.4 is 5.32 Å². The van der Waals surface area contributed by atoms with Gasteiger partial charge in [0.1, 0.15) is 0 Å². The summed E-state index contributed by atoms with van der Waals surface area (Å²) in [6.07, 6.45) is 4.37. The molecule has 1 N–H and O–H groups in total. The van der Waals surface area contributed by atoms with E-state index in [-0.39, 0.29) is 30.8 Å². The van der Waals surface area contributed by atoms with Gasteiger partial charge < -0.3 is 5.32 Å². The van der Waals surface area contributed by atoms with Gasteiger partial charge in [0.15, 0.2) is 0 Å². The lowest BCUT2D eigenvalue weighted by molar-refractivity contribution is -0.146. The van der Waals surface area contributed by atoms with Crippen molar-refractivity contribution in [3.05, 3.63) is 36.0 Å². The summed E-state index contributed by atoms with van der Waals surface area (Å²) in [6, 6.07) is 0. The third-order valence-corrected chi connectivity index (χ3v) is 4.26. The second kappa shape index (κ2) is 6.12. The number of amides is 2. The average molecular weight is 310 g/mol. The molecule has 0 aromatic rings. The lowest BCUT2D eigenvalue weighted by atomic mass is 9.86. The third kappa shape index (κ3) is 2.63. The maximum absolute atomic E-state index is 14.3. The summed E-state index contributed by atoms with van der Waals surface area (Å²) >= 11 is 0. The fourth-order valence-corrected chi connectivity index (χ4v) is 2.89. The number of carbonyl (C=O) groups is 2. The summed E-state index contributed by atoms with van der Waals surface area (Å²) in [5.74, 6) is -5.87. The van der Waals surface area contributed by atoms with Crippen LogP contribution in [0.15, 0.2) is 36.0 Å². The van der Waals surface area contributed by atoms with Crippen LogP contribution in [0.4, 0.5) is 8.78 Å². The summed E-state index contributed by atoms with van der Waals surface area (Å²) in [5.41, 5.74) is 0.452. The van der Waals surface area contributed by atoms with Gasteiger partial charge in [-0.25, -0.2) is 8.78 Å². The lowest BCUT2D eigenvalue weighted by Crippen LogP contribution is -2.55. The molecule has 0 aromatic carbocycles. The van der Waals surface area contributed by atoms with Gasteiger partial charge in [0.2, 0.25) is 0 Å². The molecular formula is C16H20F2N2O2. The van der Waals surface area contributed by atoms with Crippen molar-refractivity contribution in [1.82, 2.24) is 10.2 Å². The van der Waals surface area contributed by atoms with Gasteiger partial charge in [0.25, 0.3) is 17.7 Å². The highest BCUT2D eigenvalue weighted by Gasteiger charge is 2.50. The summed E-state index contributed by atoms with van der Waals surface area (Å²) in [4.78, 5) is 25.5. The molecule has 22 heavy (non-hydrogen) atoms. The van der Waals surface area contributed by atoms with Crippen LogP contribution >= 0.6 is 0 Å². The zero-order chi connectivity index (χ0) is 16.5. The highest BCUT2D eigenvalue weighted by molar-refractivity contribution is 6.24. The van der Waals surface area contributed by atoms with E-state index in [1.54, 1.807) is 6.92 Å². The van der Waals surface area contributed by atoms with Crippen LogP contribution in [0.5, 0.6) is 0 Å². The van der Waals surface area contributed by atoms with E-state index < -0.39 is 29.6 Å². The van der Waals surface area contributed by atoms with Gasteiger partial charge >= 0.3 is 0 Å². The Morgan fingerprint density at radius 3 is 2.55 bits per heavy atom. The molecule has 2 rings (SSSR count). The molecule has 4 nitrogen and oxygen atoms in total. The highest BCUT2D eigenvalue weighted by atomic mass is 19.3. The fraction of sp³-hybridized carbons (Fsp3) is 0.500. The molecule has 0 aromatic heterocycles. The van der Waals surface area contributed by atoms with Crippen molar-refractivity contribution in [2.45, 2.75) is 19.8 Å². The molecule has 0 aliphatic carbocycles. The maximum Gasteiger partial charge on any atom is 0.261 e. The first kappa shape index (κ1) is 16.5. The topological polar surface area (TPSA) is 49.4 Å². The molecule has 6 heteroatoms. The van der Waals surface area contributed by atoms with Crippen molar-refractivity contribution in [1.29, 1.82) is 0 Å². The van der Waals surface area contributed by atoms with Gasteiger partial charge in [0, 0.05) is 31.1 Å². The Morgan fingerprint density at radius 2 is 1.95 bits per heavy atom. The summed E-state index contributed by atoms with van der Waals surface area (Å²) in [6.45, 7) is 6.64. The van der Waals surface area contributed by atoms with E-state index >= 15 is 0 Å². The number of carbonyl (C=O) groups excluding carboxylic acids is 2. The van der Waals surface area contributed by atoms with Crippen molar-refractivity contribution in [2.24, 2.45) is 11.8 Å². The molecule has 2 atom stereocenters. The van der Waals surface area contributed by atoms with E-state index in [2.05, 4.69) is 11.9 Å². The minimum absolute atomic E-state index is 0.0834. The largest absolute Gasteiger partial charge is 0.316 e. The number of halogens is 2. The Balaban J connectivity index is 2.26. The number of rotatable bonds is 3. The van der Waals surface area contributed by atoms with Gasteiger partial charge in [-0.05, 0) is 13.0 Å². The molecule has 120 valence electrons. The van der Waals surface area contributed by atoms with Crippen LogP contribution in [0.25, 0.3) is 0 Å². The number of likely N-dealkylation sites (tertiary alicyclic amines) is 1. The minimum Gasteiger partial charge on any atom is -0.316 e. The van der Waals surface area contributed by atoms with Gasteiger partial charge in [-0.3, -0.25) is 14.5 Å². The SMILES string of the molecule is C=C/C=C1/C(=O)N(CC2CNCC(C)C2(F)F)C(=O)/C1=C/C. The van der Waals surface area contributed by atoms with Crippen LogP contribution in [0.3, 0.4) is 0 Å². The summed E-state index contributed by atoms with van der Waals surface area (Å²) in [5, 5.41) is 2.93.